The van der Waals surface area contributed by atoms with Crippen LogP contribution in [0.4, 0.5) is 11.4 Å². The van der Waals surface area contributed by atoms with Crippen molar-refractivity contribution < 1.29 is 14.3 Å². The van der Waals surface area contributed by atoms with Crippen molar-refractivity contribution in [1.29, 1.82) is 0 Å². The molecule has 0 saturated carbocycles. The van der Waals surface area contributed by atoms with E-state index in [1.54, 1.807) is 25.3 Å². The molecule has 1 unspecified atom stereocenters. The smallest absolute Gasteiger partial charge is 0.229 e. The highest BCUT2D eigenvalue weighted by Crippen LogP contribution is 2.40. The molecule has 4 rings (SSSR count). The number of benzene rings is 2. The molecule has 0 aromatic heterocycles. The first-order chi connectivity index (χ1) is 11.2. The molecular formula is C17H13ClN2O3. The molecule has 2 aromatic carbocycles. The van der Waals surface area contributed by atoms with E-state index in [4.69, 9.17) is 21.1 Å². The summed E-state index contributed by atoms with van der Waals surface area (Å²) in [5.41, 5.74) is 2.73. The van der Waals surface area contributed by atoms with Crippen LogP contribution in [0.5, 0.6) is 5.75 Å². The fourth-order valence-corrected chi connectivity index (χ4v) is 2.87. The number of methoxy groups -OCH3 is 1. The number of hydrogen-bond acceptors (Lipinski definition) is 5. The van der Waals surface area contributed by atoms with Crippen LogP contribution in [0.15, 0.2) is 54.0 Å². The van der Waals surface area contributed by atoms with Gasteiger partial charge in [-0.25, -0.2) is 0 Å². The van der Waals surface area contributed by atoms with Gasteiger partial charge in [0, 0.05) is 10.6 Å². The van der Waals surface area contributed by atoms with Gasteiger partial charge in [0.15, 0.2) is 6.10 Å². The number of anilines is 2. The Morgan fingerprint density at radius 3 is 2.83 bits per heavy atom. The van der Waals surface area contributed by atoms with Crippen LogP contribution >= 0.6 is 11.6 Å². The van der Waals surface area contributed by atoms with Crippen molar-refractivity contribution in [2.24, 2.45) is 0 Å². The average molecular weight is 329 g/mol. The topological polar surface area (TPSA) is 59.6 Å². The summed E-state index contributed by atoms with van der Waals surface area (Å²) in [6.45, 7) is 0. The molecule has 2 aromatic rings. The first-order valence-corrected chi connectivity index (χ1v) is 7.46. The molecule has 0 aliphatic carbocycles. The second-order valence-electron chi connectivity index (χ2n) is 5.28. The zero-order valence-corrected chi connectivity index (χ0v) is 13.0. The van der Waals surface area contributed by atoms with E-state index in [9.17, 15) is 4.79 Å². The summed E-state index contributed by atoms with van der Waals surface area (Å²) in [5.74, 6) is 0.971. The van der Waals surface area contributed by atoms with E-state index in [-0.39, 0.29) is 5.78 Å². The van der Waals surface area contributed by atoms with Crippen molar-refractivity contribution in [3.8, 4) is 5.75 Å². The molecule has 2 N–H and O–H groups in total. The maximum Gasteiger partial charge on any atom is 0.229 e. The normalized spacial score (nSPS) is 18.5. The molecule has 2 aliphatic rings. The number of nitrogens with one attached hydrogen (secondary N) is 2. The highest BCUT2D eigenvalue weighted by molar-refractivity contribution is 6.31. The molecule has 2 aliphatic heterocycles. The predicted molar refractivity (Wildman–Crippen MR) is 87.6 cm³/mol. The molecule has 0 fully saturated rings. The lowest BCUT2D eigenvalue weighted by Gasteiger charge is -2.20. The van der Waals surface area contributed by atoms with Gasteiger partial charge in [0.2, 0.25) is 11.7 Å². The van der Waals surface area contributed by atoms with Crippen LogP contribution in [-0.4, -0.2) is 12.9 Å². The predicted octanol–water partition coefficient (Wildman–Crippen LogP) is 3.70. The average Bonchev–Trinajstić information content (AvgIpc) is 2.89. The lowest BCUT2D eigenvalue weighted by molar-refractivity contribution is -0.121. The van der Waals surface area contributed by atoms with Crippen molar-refractivity contribution in [1.82, 2.24) is 0 Å². The maximum absolute atomic E-state index is 12.7. The zero-order valence-electron chi connectivity index (χ0n) is 12.2. The molecule has 0 radical (unpaired) electrons. The van der Waals surface area contributed by atoms with E-state index in [0.717, 1.165) is 16.9 Å². The van der Waals surface area contributed by atoms with Gasteiger partial charge in [0.05, 0.1) is 18.5 Å². The van der Waals surface area contributed by atoms with Crippen molar-refractivity contribution in [3.05, 3.63) is 64.6 Å². The van der Waals surface area contributed by atoms with Crippen LogP contribution in [0.25, 0.3) is 0 Å². The van der Waals surface area contributed by atoms with Crippen LogP contribution in [-0.2, 0) is 9.53 Å². The molecule has 0 spiro atoms. The van der Waals surface area contributed by atoms with Crippen LogP contribution in [0.2, 0.25) is 5.02 Å². The van der Waals surface area contributed by atoms with Gasteiger partial charge in [-0.1, -0.05) is 23.7 Å². The zero-order chi connectivity index (χ0) is 16.0. The Kier molecular flexibility index (Phi) is 3.16. The summed E-state index contributed by atoms with van der Waals surface area (Å²) in [6, 6.07) is 12.7. The molecule has 5 nitrogen and oxygen atoms in total. The largest absolute Gasteiger partial charge is 0.497 e. The molecular weight excluding hydrogens is 316 g/mol. The molecule has 0 amide bonds. The maximum atomic E-state index is 12.7. The monoisotopic (exact) mass is 328 g/mol. The second-order valence-corrected chi connectivity index (χ2v) is 5.72. The summed E-state index contributed by atoms with van der Waals surface area (Å²) in [6.07, 6.45) is -0.695. The Morgan fingerprint density at radius 2 is 2.00 bits per heavy atom. The van der Waals surface area contributed by atoms with E-state index in [1.807, 2.05) is 24.3 Å². The van der Waals surface area contributed by atoms with E-state index >= 15 is 0 Å². The minimum absolute atomic E-state index is 0.124. The van der Waals surface area contributed by atoms with Crippen molar-refractivity contribution >= 4 is 28.8 Å². The molecule has 6 heteroatoms. The van der Waals surface area contributed by atoms with Crippen LogP contribution < -0.4 is 15.4 Å². The Labute approximate surface area is 137 Å². The van der Waals surface area contributed by atoms with Crippen LogP contribution in [0.1, 0.15) is 11.7 Å². The van der Waals surface area contributed by atoms with Gasteiger partial charge in [-0.15, -0.1) is 0 Å². The van der Waals surface area contributed by atoms with E-state index in [2.05, 4.69) is 10.6 Å². The van der Waals surface area contributed by atoms with E-state index in [1.165, 1.54) is 0 Å². The first-order valence-electron chi connectivity index (χ1n) is 7.08. The fourth-order valence-electron chi connectivity index (χ4n) is 2.69. The lowest BCUT2D eigenvalue weighted by atomic mass is 10.0. The molecule has 2 heterocycles. The minimum Gasteiger partial charge on any atom is -0.497 e. The van der Waals surface area contributed by atoms with Gasteiger partial charge >= 0.3 is 0 Å². The van der Waals surface area contributed by atoms with Crippen molar-refractivity contribution in [2.75, 3.05) is 17.7 Å². The SMILES string of the molecule is COc1cccc(C2OC3=C(Nc4ccc(Cl)cc4N3)C2=O)c1. The Morgan fingerprint density at radius 1 is 1.13 bits per heavy atom. The summed E-state index contributed by atoms with van der Waals surface area (Å²) in [5, 5.41) is 6.84. The number of ether oxygens (including phenoxy) is 2. The van der Waals surface area contributed by atoms with E-state index < -0.39 is 6.10 Å². The Balaban J connectivity index is 1.65. The summed E-state index contributed by atoms with van der Waals surface area (Å²) >= 11 is 6.00. The number of Topliss-reactive ketones (excluding diaryl/α,β-unsaturated/α-hetero) is 1. The van der Waals surface area contributed by atoms with Gasteiger partial charge < -0.3 is 20.1 Å². The first kappa shape index (κ1) is 14.0. The van der Waals surface area contributed by atoms with Crippen molar-refractivity contribution in [3.63, 3.8) is 0 Å². The quantitative estimate of drug-likeness (QED) is 0.880. The van der Waals surface area contributed by atoms with E-state index in [0.29, 0.717) is 22.4 Å². The number of carbonyl (C=O) groups excluding carboxylic acids is 1. The molecule has 0 bridgehead atoms. The highest BCUT2D eigenvalue weighted by atomic mass is 35.5. The molecule has 23 heavy (non-hydrogen) atoms. The molecule has 1 atom stereocenters. The summed E-state index contributed by atoms with van der Waals surface area (Å²) in [4.78, 5) is 12.7. The Bertz CT molecular complexity index is 847. The number of fused-ring (bicyclic) bond motifs is 1. The summed E-state index contributed by atoms with van der Waals surface area (Å²) < 4.78 is 11.0. The Hall–Kier alpha value is -2.66. The lowest BCUT2D eigenvalue weighted by Crippen LogP contribution is -2.18. The second kappa shape index (κ2) is 5.21. The van der Waals surface area contributed by atoms with Gasteiger partial charge in [0.1, 0.15) is 11.4 Å². The van der Waals surface area contributed by atoms with Crippen LogP contribution in [0, 0.1) is 0 Å². The van der Waals surface area contributed by atoms with Crippen LogP contribution in [0.3, 0.4) is 0 Å². The third kappa shape index (κ3) is 2.29. The third-order valence-corrected chi connectivity index (χ3v) is 4.07. The number of rotatable bonds is 2. The van der Waals surface area contributed by atoms with Gasteiger partial charge in [0.25, 0.3) is 0 Å². The standard InChI is InChI=1S/C17H13ClN2O3/c1-22-11-4-2-3-9(7-11)16-15(21)14-17(23-16)20-13-8-10(18)5-6-12(13)19-14/h2-8,16,19-20H,1H3. The highest BCUT2D eigenvalue weighted by Gasteiger charge is 2.39. The fraction of sp³-hybridized carbons (Fsp3) is 0.118. The third-order valence-electron chi connectivity index (χ3n) is 3.83. The van der Waals surface area contributed by atoms with Gasteiger partial charge in [-0.3, -0.25) is 4.79 Å². The van der Waals surface area contributed by atoms with Crippen molar-refractivity contribution in [2.45, 2.75) is 6.10 Å². The van der Waals surface area contributed by atoms with Gasteiger partial charge in [-0.2, -0.15) is 0 Å². The minimum atomic E-state index is -0.695. The summed E-state index contributed by atoms with van der Waals surface area (Å²) in [7, 11) is 1.59. The molecule has 0 saturated heterocycles. The van der Waals surface area contributed by atoms with Gasteiger partial charge in [-0.05, 0) is 30.3 Å². The number of hydrogen-bond donors (Lipinski definition) is 2. The number of carbonyl (C=O) groups is 1. The molecule has 116 valence electrons. The number of halogens is 1. The number of ketones is 1.